The molecule has 0 amide bonds. The Labute approximate surface area is 411 Å². The Bertz CT molecular complexity index is 2930. The van der Waals surface area contributed by atoms with Crippen molar-refractivity contribution in [1.82, 2.24) is 4.90 Å². The van der Waals surface area contributed by atoms with Gasteiger partial charge in [-0.1, -0.05) is 153 Å². The Hall–Kier alpha value is -6.05. The predicted molar refractivity (Wildman–Crippen MR) is 289 cm³/mol. The first-order valence-electron chi connectivity index (χ1n) is 24.6. The summed E-state index contributed by atoms with van der Waals surface area (Å²) in [7, 11) is 0. The number of rotatable bonds is 9. The molecule has 6 aliphatic carbocycles. The lowest BCUT2D eigenvalue weighted by molar-refractivity contribution is 0.370. The third kappa shape index (κ3) is 7.22. The minimum Gasteiger partial charge on any atom is -0.355 e. The number of halogens is 1. The second kappa shape index (κ2) is 17.2. The molecule has 2 heterocycles. The molecular formula is C62H59IN4. The molecule has 0 N–H and O–H groups in total. The van der Waals surface area contributed by atoms with Crippen LogP contribution < -0.4 is 14.7 Å². The summed E-state index contributed by atoms with van der Waals surface area (Å²) >= 11 is 2.78. The van der Waals surface area contributed by atoms with Gasteiger partial charge in [0.15, 0.2) is 0 Å². The number of anilines is 4. The maximum atomic E-state index is 2.78. The molecule has 8 atom stereocenters. The van der Waals surface area contributed by atoms with Crippen molar-refractivity contribution in [1.29, 1.82) is 0 Å². The smallest absolute Gasteiger partial charge is 0.114 e. The van der Waals surface area contributed by atoms with Crippen LogP contribution in [0.5, 0.6) is 0 Å². The Morgan fingerprint density at radius 1 is 0.657 bits per heavy atom. The van der Waals surface area contributed by atoms with Gasteiger partial charge in [0, 0.05) is 75.6 Å². The predicted octanol–water partition coefficient (Wildman–Crippen LogP) is 15.2. The molecule has 4 aromatic rings. The second-order valence-electron chi connectivity index (χ2n) is 19.7. The fourth-order valence-electron chi connectivity index (χ4n) is 12.7. The van der Waals surface area contributed by atoms with Gasteiger partial charge in [-0.15, -0.1) is 0 Å². The van der Waals surface area contributed by atoms with E-state index in [2.05, 4.69) is 269 Å². The van der Waals surface area contributed by atoms with Crippen LogP contribution in [0.2, 0.25) is 0 Å². The maximum absolute atomic E-state index is 2.78. The highest BCUT2D eigenvalue weighted by molar-refractivity contribution is 14.1. The number of alkyl halides is 1. The molecule has 8 unspecified atom stereocenters. The maximum Gasteiger partial charge on any atom is 0.114 e. The molecule has 334 valence electrons. The number of hydrogen-bond donors (Lipinski definition) is 0. The van der Waals surface area contributed by atoms with E-state index in [1.54, 1.807) is 0 Å². The molecule has 0 saturated heterocycles. The number of hydrogen-bond acceptors (Lipinski definition) is 4. The molecule has 8 aliphatic rings. The van der Waals surface area contributed by atoms with E-state index in [1.807, 2.05) is 0 Å². The van der Waals surface area contributed by atoms with E-state index < -0.39 is 0 Å². The van der Waals surface area contributed by atoms with Crippen LogP contribution in [0.15, 0.2) is 235 Å². The van der Waals surface area contributed by atoms with Gasteiger partial charge in [-0.25, -0.2) is 0 Å². The van der Waals surface area contributed by atoms with Crippen molar-refractivity contribution >= 4 is 50.9 Å². The Morgan fingerprint density at radius 2 is 1.42 bits per heavy atom. The third-order valence-corrected chi connectivity index (χ3v) is 17.2. The van der Waals surface area contributed by atoms with Crippen LogP contribution >= 0.6 is 22.6 Å². The topological polar surface area (TPSA) is 13.0 Å². The minimum atomic E-state index is -0.225. The first kappa shape index (κ1) is 42.3. The van der Waals surface area contributed by atoms with Crippen molar-refractivity contribution in [2.24, 2.45) is 11.8 Å². The molecule has 4 nitrogen and oxygen atoms in total. The SMILES string of the molecule is CC1C2C(=CCC1N(c1ccccc1)C1(I)C=CC(C3C=CC(N(C4=CCCC=C4)C4=CC5(C)C(C=C4)c4ccccc4N5C4C=CC=CC4)=CC3)=CC1)c1ccccc1N2c1ccccc1. The van der Waals surface area contributed by atoms with E-state index in [1.165, 1.54) is 62.1 Å². The fraction of sp³-hybridized carbons (Fsp3) is 0.258. The molecule has 0 fully saturated rings. The molecular weight excluding hydrogens is 928 g/mol. The van der Waals surface area contributed by atoms with Gasteiger partial charge in [0.25, 0.3) is 0 Å². The first-order chi connectivity index (χ1) is 32.9. The van der Waals surface area contributed by atoms with Crippen molar-refractivity contribution < 1.29 is 0 Å². The van der Waals surface area contributed by atoms with Gasteiger partial charge in [0.1, 0.15) is 3.55 Å². The van der Waals surface area contributed by atoms with E-state index in [-0.39, 0.29) is 21.0 Å². The van der Waals surface area contributed by atoms with Crippen LogP contribution in [0, 0.1) is 11.8 Å². The van der Waals surface area contributed by atoms with Crippen LogP contribution in [0.3, 0.4) is 0 Å². The Morgan fingerprint density at radius 3 is 2.16 bits per heavy atom. The summed E-state index contributed by atoms with van der Waals surface area (Å²) in [5.41, 5.74) is 14.5. The normalized spacial score (nSPS) is 29.8. The molecule has 12 rings (SSSR count). The lowest BCUT2D eigenvalue weighted by atomic mass is 9.78. The highest BCUT2D eigenvalue weighted by Gasteiger charge is 2.50. The van der Waals surface area contributed by atoms with Gasteiger partial charge in [-0.3, -0.25) is 0 Å². The number of nitrogens with zero attached hydrogens (tertiary/aromatic N) is 4. The molecule has 2 aliphatic heterocycles. The van der Waals surface area contributed by atoms with E-state index in [4.69, 9.17) is 0 Å². The minimum absolute atomic E-state index is 0.207. The Kier molecular flexibility index (Phi) is 10.9. The van der Waals surface area contributed by atoms with Crippen molar-refractivity contribution in [3.8, 4) is 0 Å². The molecule has 0 bridgehead atoms. The average Bonchev–Trinajstić information content (AvgIpc) is 3.86. The summed E-state index contributed by atoms with van der Waals surface area (Å²) in [6.45, 7) is 4.96. The summed E-state index contributed by atoms with van der Waals surface area (Å²) in [5, 5.41) is 0. The highest BCUT2D eigenvalue weighted by Crippen LogP contribution is 2.55. The second-order valence-corrected chi connectivity index (χ2v) is 21.6. The van der Waals surface area contributed by atoms with Gasteiger partial charge in [0.2, 0.25) is 0 Å². The van der Waals surface area contributed by atoms with Crippen molar-refractivity contribution in [3.05, 3.63) is 246 Å². The zero-order valence-corrected chi connectivity index (χ0v) is 40.7. The summed E-state index contributed by atoms with van der Waals surface area (Å²) in [6.07, 6.45) is 47.2. The summed E-state index contributed by atoms with van der Waals surface area (Å²) in [5.74, 6) is 0.968. The lowest BCUT2D eigenvalue weighted by Crippen LogP contribution is -2.56. The van der Waals surface area contributed by atoms with Gasteiger partial charge < -0.3 is 19.6 Å². The van der Waals surface area contributed by atoms with Gasteiger partial charge in [-0.2, -0.15) is 0 Å². The number of benzene rings is 4. The molecule has 67 heavy (non-hydrogen) atoms. The van der Waals surface area contributed by atoms with Gasteiger partial charge in [-0.05, 0) is 145 Å². The Balaban J connectivity index is 0.819. The van der Waals surface area contributed by atoms with Crippen molar-refractivity contribution in [2.75, 3.05) is 14.7 Å². The van der Waals surface area contributed by atoms with E-state index in [0.29, 0.717) is 23.9 Å². The van der Waals surface area contributed by atoms with Crippen LogP contribution in [-0.4, -0.2) is 32.1 Å². The summed E-state index contributed by atoms with van der Waals surface area (Å²) in [4.78, 5) is 10.6. The highest BCUT2D eigenvalue weighted by atomic mass is 127. The van der Waals surface area contributed by atoms with Crippen LogP contribution in [-0.2, 0) is 0 Å². The van der Waals surface area contributed by atoms with Crippen LogP contribution in [0.25, 0.3) is 5.57 Å². The van der Waals surface area contributed by atoms with Gasteiger partial charge in [0.05, 0.1) is 17.6 Å². The van der Waals surface area contributed by atoms with Crippen LogP contribution in [0.4, 0.5) is 22.7 Å². The fourth-order valence-corrected chi connectivity index (χ4v) is 13.8. The summed E-state index contributed by atoms with van der Waals surface area (Å²) < 4.78 is -0.225. The zero-order valence-electron chi connectivity index (χ0n) is 38.6. The quantitative estimate of drug-likeness (QED) is 0.0941. The lowest BCUT2D eigenvalue weighted by Gasteiger charge is -2.51. The summed E-state index contributed by atoms with van der Waals surface area (Å²) in [6, 6.07) is 41.2. The number of allylic oxidation sites excluding steroid dienone is 11. The van der Waals surface area contributed by atoms with Gasteiger partial charge >= 0.3 is 0 Å². The van der Waals surface area contributed by atoms with E-state index >= 15 is 0 Å². The molecule has 0 aromatic heterocycles. The first-order valence-corrected chi connectivity index (χ1v) is 25.7. The third-order valence-electron chi connectivity index (χ3n) is 15.8. The van der Waals surface area contributed by atoms with Crippen LogP contribution in [0.1, 0.15) is 69.4 Å². The average molecular weight is 987 g/mol. The molecule has 0 saturated carbocycles. The van der Waals surface area contributed by atoms with E-state index in [0.717, 1.165) is 38.5 Å². The molecule has 4 aromatic carbocycles. The molecule has 0 spiro atoms. The number of fused-ring (bicyclic) bond motifs is 6. The monoisotopic (exact) mass is 986 g/mol. The van der Waals surface area contributed by atoms with Crippen molar-refractivity contribution in [2.45, 2.75) is 85.5 Å². The van der Waals surface area contributed by atoms with Crippen molar-refractivity contribution in [3.63, 3.8) is 0 Å². The molecule has 0 radical (unpaired) electrons. The van der Waals surface area contributed by atoms with E-state index in [9.17, 15) is 0 Å². The zero-order chi connectivity index (χ0) is 45.1. The number of para-hydroxylation sites is 4. The molecule has 5 heteroatoms. The standard InChI is InChI=1S/C62H59IN4/c1-44-57(38-36-54-53-27-15-17-29-58(53)65(60(44)54)48-21-9-4-10-22-48)67(51-25-13-6-14-26-51)62(63)41-39-46(40-42-62)45-31-33-49(34-32-45)64(47-19-7-3-8-20-47)52-35-37-56-55-28-16-18-30-59(55)66(61(56,2)43-52)50-23-11-5-12-24-50/h4-7,9-23,25-31,33-37,39-41,43-45,50,56-57,60H,3,8,24,32,38,42H2,1-2H3. The largest absolute Gasteiger partial charge is 0.355 e.